The van der Waals surface area contributed by atoms with Gasteiger partial charge < -0.3 is 4.57 Å². The first kappa shape index (κ1) is 16.2. The molecule has 3 nitrogen and oxygen atoms in total. The lowest BCUT2D eigenvalue weighted by molar-refractivity contribution is -0.165. The smallest absolute Gasteiger partial charge is 0.230 e. The minimum atomic E-state index is -1.94. The SMILES string of the molecule is C=CCC1N([Si](C)(C)C(C)(C)C)C(=O)C1(C)C(C)=O. The first-order valence-electron chi connectivity index (χ1n) is 6.88. The Bertz CT molecular complexity index is 422. The Morgan fingerprint density at radius 3 is 2.26 bits per heavy atom. The van der Waals surface area contributed by atoms with E-state index in [2.05, 4.69) is 40.4 Å². The molecule has 2 atom stereocenters. The molecule has 108 valence electrons. The third-order valence-corrected chi connectivity index (χ3v) is 10.6. The Morgan fingerprint density at radius 1 is 1.47 bits per heavy atom. The predicted molar refractivity (Wildman–Crippen MR) is 81.4 cm³/mol. The van der Waals surface area contributed by atoms with Gasteiger partial charge >= 0.3 is 0 Å². The normalized spacial score (nSPS) is 28.1. The van der Waals surface area contributed by atoms with Gasteiger partial charge in [-0.05, 0) is 25.3 Å². The van der Waals surface area contributed by atoms with Crippen LogP contribution in [-0.4, -0.2) is 30.5 Å². The van der Waals surface area contributed by atoms with Gasteiger partial charge in [-0.3, -0.25) is 9.59 Å². The van der Waals surface area contributed by atoms with E-state index in [4.69, 9.17) is 0 Å². The van der Waals surface area contributed by atoms with E-state index in [1.165, 1.54) is 6.92 Å². The average Bonchev–Trinajstić information content (AvgIpc) is 2.25. The fourth-order valence-corrected chi connectivity index (χ4v) is 5.22. The zero-order chi connectivity index (χ0) is 15.2. The molecular formula is C15H27NO2Si. The third-order valence-electron chi connectivity index (χ3n) is 5.20. The minimum absolute atomic E-state index is 0.0124. The van der Waals surface area contributed by atoms with Gasteiger partial charge in [0.15, 0.2) is 8.24 Å². The summed E-state index contributed by atoms with van der Waals surface area (Å²) >= 11 is 0. The predicted octanol–water partition coefficient (Wildman–Crippen LogP) is 3.37. The quantitative estimate of drug-likeness (QED) is 0.343. The van der Waals surface area contributed by atoms with E-state index in [1.54, 1.807) is 6.92 Å². The summed E-state index contributed by atoms with van der Waals surface area (Å²) in [4.78, 5) is 24.5. The summed E-state index contributed by atoms with van der Waals surface area (Å²) in [6.45, 7) is 18.1. The summed E-state index contributed by atoms with van der Waals surface area (Å²) in [5, 5.41) is 0.0835. The van der Waals surface area contributed by atoms with Crippen molar-refractivity contribution in [2.45, 2.75) is 65.2 Å². The molecule has 2 unspecified atom stereocenters. The Morgan fingerprint density at radius 2 is 1.95 bits per heavy atom. The Balaban J connectivity index is 3.22. The largest absolute Gasteiger partial charge is 0.364 e. The maximum absolute atomic E-state index is 12.6. The summed E-state index contributed by atoms with van der Waals surface area (Å²) in [6, 6.07) is -0.0177. The van der Waals surface area contributed by atoms with E-state index in [9.17, 15) is 9.59 Å². The minimum Gasteiger partial charge on any atom is -0.364 e. The number of ketones is 1. The molecule has 1 rings (SSSR count). The number of carbonyl (C=O) groups is 2. The van der Waals surface area contributed by atoms with Crippen LogP contribution < -0.4 is 0 Å². The molecule has 0 aromatic rings. The maximum atomic E-state index is 12.6. The molecule has 0 aliphatic carbocycles. The van der Waals surface area contributed by atoms with Crippen LogP contribution >= 0.6 is 0 Å². The van der Waals surface area contributed by atoms with Gasteiger partial charge in [0, 0.05) is 6.04 Å². The number of carbonyl (C=O) groups excluding carboxylic acids is 2. The van der Waals surface area contributed by atoms with Crippen molar-refractivity contribution in [3.8, 4) is 0 Å². The highest BCUT2D eigenvalue weighted by Crippen LogP contribution is 2.50. The molecular weight excluding hydrogens is 254 g/mol. The van der Waals surface area contributed by atoms with Gasteiger partial charge in [0.2, 0.25) is 5.91 Å². The first-order chi connectivity index (χ1) is 8.42. The summed E-state index contributed by atoms with van der Waals surface area (Å²) < 4.78 is 2.02. The monoisotopic (exact) mass is 281 g/mol. The van der Waals surface area contributed by atoms with Crippen molar-refractivity contribution in [2.24, 2.45) is 5.41 Å². The number of hydrogen-bond donors (Lipinski definition) is 0. The van der Waals surface area contributed by atoms with Gasteiger partial charge in [-0.1, -0.05) is 39.9 Å². The van der Waals surface area contributed by atoms with Crippen molar-refractivity contribution in [1.82, 2.24) is 4.57 Å². The summed E-state index contributed by atoms with van der Waals surface area (Å²) in [5.74, 6) is -0.0160. The zero-order valence-electron chi connectivity index (χ0n) is 13.3. The molecule has 1 amide bonds. The van der Waals surface area contributed by atoms with Crippen molar-refractivity contribution < 1.29 is 9.59 Å². The number of nitrogens with zero attached hydrogens (tertiary/aromatic N) is 1. The second-order valence-electron chi connectivity index (χ2n) is 7.28. The fraction of sp³-hybridized carbons (Fsp3) is 0.733. The summed E-state index contributed by atoms with van der Waals surface area (Å²) in [7, 11) is -1.94. The molecule has 0 radical (unpaired) electrons. The van der Waals surface area contributed by atoms with Crippen LogP contribution in [0.1, 0.15) is 41.0 Å². The summed E-state index contributed by atoms with van der Waals surface area (Å²) in [5.41, 5.74) is -0.844. The van der Waals surface area contributed by atoms with Crippen LogP contribution in [0.25, 0.3) is 0 Å². The summed E-state index contributed by atoms with van der Waals surface area (Å²) in [6.07, 6.45) is 2.51. The van der Waals surface area contributed by atoms with Crippen LogP contribution in [0.5, 0.6) is 0 Å². The Kier molecular flexibility index (Phi) is 3.89. The van der Waals surface area contributed by atoms with Crippen molar-refractivity contribution in [1.29, 1.82) is 0 Å². The van der Waals surface area contributed by atoms with E-state index in [1.807, 2.05) is 10.6 Å². The number of rotatable bonds is 4. The van der Waals surface area contributed by atoms with E-state index >= 15 is 0 Å². The molecule has 1 saturated heterocycles. The molecule has 0 aromatic heterocycles. The lowest BCUT2D eigenvalue weighted by atomic mass is 9.70. The van der Waals surface area contributed by atoms with Crippen LogP contribution in [0, 0.1) is 5.41 Å². The van der Waals surface area contributed by atoms with Crippen LogP contribution in [0.4, 0.5) is 0 Å². The number of β-lactam (4-membered cyclic amide) rings is 1. The molecule has 4 heteroatoms. The second-order valence-corrected chi connectivity index (χ2v) is 12.4. The topological polar surface area (TPSA) is 37.4 Å². The highest BCUT2D eigenvalue weighted by atomic mass is 28.3. The molecule has 1 fully saturated rings. The highest BCUT2D eigenvalue weighted by molar-refractivity contribution is 6.80. The third kappa shape index (κ3) is 2.10. The molecule has 0 N–H and O–H groups in total. The van der Waals surface area contributed by atoms with Gasteiger partial charge in [0.05, 0.1) is 0 Å². The van der Waals surface area contributed by atoms with Crippen molar-refractivity contribution in [3.63, 3.8) is 0 Å². The number of Topliss-reactive ketones (excluding diaryl/α,β-unsaturated/α-hetero) is 1. The maximum Gasteiger partial charge on any atom is 0.230 e. The fourth-order valence-electron chi connectivity index (χ4n) is 2.62. The molecule has 0 spiro atoms. The zero-order valence-corrected chi connectivity index (χ0v) is 14.3. The lowest BCUT2D eigenvalue weighted by Gasteiger charge is -2.62. The van der Waals surface area contributed by atoms with E-state index in [0.717, 1.165) is 0 Å². The molecule has 1 aliphatic heterocycles. The number of amides is 1. The standard InChI is InChI=1S/C15H27NO2Si/c1-9-10-12-15(6,11(2)17)13(18)16(12)19(7,8)14(3,4)5/h9,12H,1,10H2,2-8H3. The molecule has 19 heavy (non-hydrogen) atoms. The molecule has 1 aliphatic rings. The molecule has 0 saturated carbocycles. The first-order valence-corrected chi connectivity index (χ1v) is 9.82. The van der Waals surface area contributed by atoms with Gasteiger partial charge in [0.25, 0.3) is 0 Å². The van der Waals surface area contributed by atoms with E-state index < -0.39 is 13.7 Å². The number of hydrogen-bond acceptors (Lipinski definition) is 2. The Hall–Kier alpha value is -0.903. The van der Waals surface area contributed by atoms with Crippen LogP contribution in [0.3, 0.4) is 0 Å². The van der Waals surface area contributed by atoms with Crippen molar-refractivity contribution in [3.05, 3.63) is 12.7 Å². The van der Waals surface area contributed by atoms with Crippen LogP contribution in [0.2, 0.25) is 18.1 Å². The van der Waals surface area contributed by atoms with Crippen molar-refractivity contribution in [2.75, 3.05) is 0 Å². The molecule has 1 heterocycles. The van der Waals surface area contributed by atoms with Crippen LogP contribution in [0.15, 0.2) is 12.7 Å². The van der Waals surface area contributed by atoms with E-state index in [0.29, 0.717) is 6.42 Å². The highest BCUT2D eigenvalue weighted by Gasteiger charge is 2.65. The van der Waals surface area contributed by atoms with Gasteiger partial charge in [-0.2, -0.15) is 0 Å². The molecule has 0 bridgehead atoms. The Labute approximate surface area is 118 Å². The van der Waals surface area contributed by atoms with Gasteiger partial charge in [-0.25, -0.2) is 0 Å². The molecule has 0 aromatic carbocycles. The van der Waals surface area contributed by atoms with Crippen molar-refractivity contribution >= 4 is 19.9 Å². The van der Waals surface area contributed by atoms with Gasteiger partial charge in [0.1, 0.15) is 11.2 Å². The van der Waals surface area contributed by atoms with Gasteiger partial charge in [-0.15, -0.1) is 6.58 Å². The second kappa shape index (κ2) is 4.58. The lowest BCUT2D eigenvalue weighted by Crippen LogP contribution is -2.78. The van der Waals surface area contributed by atoms with Crippen LogP contribution in [-0.2, 0) is 9.59 Å². The van der Waals surface area contributed by atoms with E-state index in [-0.39, 0.29) is 22.8 Å². The average molecular weight is 281 g/mol.